The normalized spacial score (nSPS) is 11.3. The van der Waals surface area contributed by atoms with Gasteiger partial charge in [0, 0.05) is 6.54 Å². The number of carbonyl (C=O) groups is 1. The highest BCUT2D eigenvalue weighted by Crippen LogP contribution is 2.23. The lowest BCUT2D eigenvalue weighted by molar-refractivity contribution is -0.274. The van der Waals surface area contributed by atoms with Gasteiger partial charge < -0.3 is 15.8 Å². The van der Waals surface area contributed by atoms with Gasteiger partial charge in [-0.05, 0) is 17.7 Å². The number of alkyl halides is 3. The number of benzene rings is 1. The highest BCUT2D eigenvalue weighted by atomic mass is 19.4. The second kappa shape index (κ2) is 6.55. The van der Waals surface area contributed by atoms with E-state index in [0.29, 0.717) is 5.56 Å². The van der Waals surface area contributed by atoms with Crippen LogP contribution < -0.4 is 15.8 Å². The van der Waals surface area contributed by atoms with Crippen LogP contribution in [0.25, 0.3) is 0 Å². The van der Waals surface area contributed by atoms with Gasteiger partial charge in [0.05, 0.1) is 6.34 Å². The van der Waals surface area contributed by atoms with Crippen molar-refractivity contribution in [2.75, 3.05) is 0 Å². The number of amides is 1. The number of nitrogens with two attached hydrogens (primary N) is 1. The van der Waals surface area contributed by atoms with E-state index in [2.05, 4.69) is 15.0 Å². The molecule has 4 N–H and O–H groups in total. The number of nitrogens with zero attached hydrogens (tertiary/aromatic N) is 1. The first-order valence-corrected chi connectivity index (χ1v) is 5.27. The largest absolute Gasteiger partial charge is 0.573 e. The van der Waals surface area contributed by atoms with Crippen LogP contribution in [0.3, 0.4) is 0 Å². The van der Waals surface area contributed by atoms with E-state index in [9.17, 15) is 18.0 Å². The van der Waals surface area contributed by atoms with Crippen molar-refractivity contribution in [1.82, 2.24) is 5.32 Å². The Morgan fingerprint density at radius 2 is 2.20 bits per heavy atom. The fourth-order valence-corrected chi connectivity index (χ4v) is 1.25. The first-order chi connectivity index (χ1) is 9.31. The maximum absolute atomic E-state index is 12.0. The molecule has 20 heavy (non-hydrogen) atoms. The van der Waals surface area contributed by atoms with Crippen molar-refractivity contribution >= 4 is 18.1 Å². The Morgan fingerprint density at radius 3 is 2.80 bits per heavy atom. The van der Waals surface area contributed by atoms with Gasteiger partial charge in [-0.15, -0.1) is 13.2 Å². The number of halogens is 3. The Balaban J connectivity index is 2.63. The van der Waals surface area contributed by atoms with Gasteiger partial charge in [-0.3, -0.25) is 10.2 Å². The molecule has 9 heteroatoms. The number of nitrogens with one attached hydrogen (secondary N) is 2. The number of hydrogen-bond acceptors (Lipinski definition) is 3. The zero-order valence-electron chi connectivity index (χ0n) is 10.1. The lowest BCUT2D eigenvalue weighted by Gasteiger charge is -2.10. The topological polar surface area (TPSA) is 101 Å². The molecule has 0 bridgehead atoms. The van der Waals surface area contributed by atoms with Crippen molar-refractivity contribution in [3.8, 4) is 5.75 Å². The summed E-state index contributed by atoms with van der Waals surface area (Å²) in [6.45, 7) is -0.0731. The van der Waals surface area contributed by atoms with Crippen molar-refractivity contribution in [2.24, 2.45) is 10.7 Å². The van der Waals surface area contributed by atoms with Gasteiger partial charge in [-0.25, -0.2) is 4.99 Å². The van der Waals surface area contributed by atoms with E-state index in [1.165, 1.54) is 12.1 Å². The van der Waals surface area contributed by atoms with E-state index >= 15 is 0 Å². The molecule has 1 aromatic rings. The Hall–Kier alpha value is -2.58. The lowest BCUT2D eigenvalue weighted by atomic mass is 10.2. The molecule has 0 aliphatic carbocycles. The summed E-state index contributed by atoms with van der Waals surface area (Å²) in [5.74, 6) is -1.79. The zero-order chi connectivity index (χ0) is 15.2. The number of carbonyl (C=O) groups excluding carboxylic acids is 1. The van der Waals surface area contributed by atoms with Gasteiger partial charge in [-0.1, -0.05) is 12.1 Å². The van der Waals surface area contributed by atoms with Crippen LogP contribution in [0.1, 0.15) is 5.56 Å². The molecule has 0 unspecified atom stereocenters. The molecule has 1 rings (SSSR count). The number of amidine groups is 1. The molecule has 0 aliphatic rings. The highest BCUT2D eigenvalue weighted by Gasteiger charge is 2.31. The van der Waals surface area contributed by atoms with Crippen LogP contribution in [0.2, 0.25) is 0 Å². The van der Waals surface area contributed by atoms with Crippen molar-refractivity contribution in [1.29, 1.82) is 5.41 Å². The van der Waals surface area contributed by atoms with Crippen molar-refractivity contribution in [3.63, 3.8) is 0 Å². The van der Waals surface area contributed by atoms with Crippen LogP contribution in [0.4, 0.5) is 13.2 Å². The summed E-state index contributed by atoms with van der Waals surface area (Å²) in [6, 6.07) is 5.12. The maximum Gasteiger partial charge on any atom is 0.573 e. The third-order valence-electron chi connectivity index (χ3n) is 2.00. The Morgan fingerprint density at radius 1 is 1.50 bits per heavy atom. The van der Waals surface area contributed by atoms with Crippen molar-refractivity contribution in [3.05, 3.63) is 29.8 Å². The molecular weight excluding hydrogens is 277 g/mol. The van der Waals surface area contributed by atoms with E-state index in [1.54, 1.807) is 0 Å². The molecule has 0 aromatic heterocycles. The van der Waals surface area contributed by atoms with Gasteiger partial charge in [0.2, 0.25) is 5.84 Å². The molecule has 1 aromatic carbocycles. The van der Waals surface area contributed by atoms with Crippen LogP contribution in [-0.4, -0.2) is 24.4 Å². The minimum Gasteiger partial charge on any atom is -0.406 e. The third-order valence-corrected chi connectivity index (χ3v) is 2.00. The fourth-order valence-electron chi connectivity index (χ4n) is 1.25. The minimum atomic E-state index is -4.78. The summed E-state index contributed by atoms with van der Waals surface area (Å²) in [7, 11) is 0. The molecule has 0 atom stereocenters. The molecule has 0 saturated heterocycles. The van der Waals surface area contributed by atoms with E-state index in [0.717, 1.165) is 18.5 Å². The predicted molar refractivity (Wildman–Crippen MR) is 65.4 cm³/mol. The molecule has 0 spiro atoms. The Bertz CT molecular complexity index is 529. The van der Waals surface area contributed by atoms with E-state index in [1.807, 2.05) is 0 Å². The summed E-state index contributed by atoms with van der Waals surface area (Å²) >= 11 is 0. The SMILES string of the molecule is N=C(/N=C\N)C(=O)NCc1cccc(OC(F)(F)F)c1. The van der Waals surface area contributed by atoms with E-state index in [4.69, 9.17) is 11.1 Å². The average Bonchev–Trinajstić information content (AvgIpc) is 2.34. The fraction of sp³-hybridized carbons (Fsp3) is 0.182. The number of ether oxygens (including phenoxy) is 1. The van der Waals surface area contributed by atoms with Crippen LogP contribution in [0.15, 0.2) is 29.3 Å². The molecular formula is C11H11F3N4O2. The van der Waals surface area contributed by atoms with Crippen molar-refractivity contribution < 1.29 is 22.7 Å². The molecule has 0 aliphatic heterocycles. The molecule has 0 heterocycles. The molecule has 6 nitrogen and oxygen atoms in total. The van der Waals surface area contributed by atoms with Gasteiger partial charge in [0.15, 0.2) is 0 Å². The Labute approximate surface area is 111 Å². The van der Waals surface area contributed by atoms with Gasteiger partial charge in [-0.2, -0.15) is 0 Å². The summed E-state index contributed by atoms with van der Waals surface area (Å²) in [4.78, 5) is 14.6. The van der Waals surface area contributed by atoms with E-state index in [-0.39, 0.29) is 12.3 Å². The summed E-state index contributed by atoms with van der Waals surface area (Å²) in [5.41, 5.74) is 5.30. The second-order valence-electron chi connectivity index (χ2n) is 3.50. The van der Waals surface area contributed by atoms with Crippen LogP contribution >= 0.6 is 0 Å². The first-order valence-electron chi connectivity index (χ1n) is 5.27. The van der Waals surface area contributed by atoms with Crippen LogP contribution in [-0.2, 0) is 11.3 Å². The lowest BCUT2D eigenvalue weighted by Crippen LogP contribution is -2.29. The second-order valence-corrected chi connectivity index (χ2v) is 3.50. The molecule has 1 amide bonds. The van der Waals surface area contributed by atoms with Crippen LogP contribution in [0, 0.1) is 5.41 Å². The highest BCUT2D eigenvalue weighted by molar-refractivity contribution is 6.37. The van der Waals surface area contributed by atoms with Crippen LogP contribution in [0.5, 0.6) is 5.75 Å². The number of aliphatic imine (C=N–C) groups is 1. The first kappa shape index (κ1) is 15.5. The van der Waals surface area contributed by atoms with Gasteiger partial charge in [0.25, 0.3) is 5.91 Å². The maximum atomic E-state index is 12.0. The quantitative estimate of drug-likeness (QED) is 0.574. The summed E-state index contributed by atoms with van der Waals surface area (Å²) < 4.78 is 39.8. The molecule has 0 fully saturated rings. The molecule has 0 saturated carbocycles. The minimum absolute atomic E-state index is 0.0731. The molecule has 0 radical (unpaired) electrons. The number of hydrogen-bond donors (Lipinski definition) is 3. The average molecular weight is 288 g/mol. The standard InChI is InChI=1S/C11H11F3N4O2/c12-11(13,14)20-8-3-1-2-7(4-8)5-17-10(19)9(16)18-6-15/h1-4,6H,5H2,(H,17,19)(H3,15,16,18). The zero-order valence-corrected chi connectivity index (χ0v) is 10.1. The third kappa shape index (κ3) is 5.38. The molecule has 108 valence electrons. The summed E-state index contributed by atoms with van der Waals surface area (Å²) in [5, 5.41) is 9.46. The number of rotatable bonds is 3. The monoisotopic (exact) mass is 288 g/mol. The summed E-state index contributed by atoms with van der Waals surface area (Å²) in [6.07, 6.45) is -3.99. The van der Waals surface area contributed by atoms with Gasteiger partial charge >= 0.3 is 6.36 Å². The van der Waals surface area contributed by atoms with Crippen molar-refractivity contribution in [2.45, 2.75) is 12.9 Å². The predicted octanol–water partition coefficient (Wildman–Crippen LogP) is 1.17. The Kier molecular flexibility index (Phi) is 5.07. The smallest absolute Gasteiger partial charge is 0.406 e. The van der Waals surface area contributed by atoms with E-state index < -0.39 is 18.1 Å². The van der Waals surface area contributed by atoms with Gasteiger partial charge in [0.1, 0.15) is 5.75 Å².